The van der Waals surface area contributed by atoms with Crippen LogP contribution in [0, 0.1) is 0 Å². The van der Waals surface area contributed by atoms with Gasteiger partial charge in [-0.05, 0) is 61.8 Å². The number of nitrogens with zero attached hydrogens (tertiary/aromatic N) is 3. The molecule has 0 bridgehead atoms. The van der Waals surface area contributed by atoms with Crippen molar-refractivity contribution in [1.29, 1.82) is 0 Å². The van der Waals surface area contributed by atoms with E-state index in [1.807, 2.05) is 36.8 Å². The van der Waals surface area contributed by atoms with Crippen molar-refractivity contribution in [2.24, 2.45) is 0 Å². The molecule has 4 nitrogen and oxygen atoms in total. The van der Waals surface area contributed by atoms with Gasteiger partial charge in [0, 0.05) is 30.8 Å². The van der Waals surface area contributed by atoms with E-state index >= 15 is 0 Å². The summed E-state index contributed by atoms with van der Waals surface area (Å²) in [6, 6.07) is 12.5. The van der Waals surface area contributed by atoms with E-state index < -0.39 is 0 Å². The summed E-state index contributed by atoms with van der Waals surface area (Å²) in [6.07, 6.45) is 20.1. The maximum atomic E-state index is 5.87. The first-order chi connectivity index (χ1) is 16.7. The van der Waals surface area contributed by atoms with Gasteiger partial charge in [0.05, 0.1) is 6.10 Å². The second kappa shape index (κ2) is 14.2. The zero-order chi connectivity index (χ0) is 24.0. The molecule has 0 N–H and O–H groups in total. The molecule has 0 saturated carbocycles. The molecule has 1 aromatic carbocycles. The molecule has 0 aliphatic rings. The van der Waals surface area contributed by atoms with Crippen LogP contribution in [-0.2, 0) is 11.2 Å². The molecule has 2 aromatic heterocycles. The lowest BCUT2D eigenvalue weighted by Gasteiger charge is -2.12. The third kappa shape index (κ3) is 8.35. The van der Waals surface area contributed by atoms with Gasteiger partial charge in [0.25, 0.3) is 0 Å². The van der Waals surface area contributed by atoms with Crippen molar-refractivity contribution in [1.82, 2.24) is 15.0 Å². The molecule has 0 spiro atoms. The number of aromatic nitrogens is 3. The van der Waals surface area contributed by atoms with Crippen LogP contribution < -0.4 is 0 Å². The Morgan fingerprint density at radius 3 is 2.38 bits per heavy atom. The van der Waals surface area contributed by atoms with Crippen molar-refractivity contribution in [2.75, 3.05) is 6.61 Å². The lowest BCUT2D eigenvalue weighted by molar-refractivity contribution is 0.0566. The maximum absolute atomic E-state index is 5.87. The van der Waals surface area contributed by atoms with Crippen LogP contribution >= 0.6 is 0 Å². The quantitative estimate of drug-likeness (QED) is 0.184. The maximum Gasteiger partial charge on any atom is 0.178 e. The smallest absolute Gasteiger partial charge is 0.178 e. The highest BCUT2D eigenvalue weighted by atomic mass is 16.5. The fourth-order valence-electron chi connectivity index (χ4n) is 3.70. The molecule has 178 valence electrons. The Kier molecular flexibility index (Phi) is 10.7. The summed E-state index contributed by atoms with van der Waals surface area (Å²) in [7, 11) is 0. The highest BCUT2D eigenvalue weighted by Gasteiger charge is 2.05. The standard InChI is InChI=1S/C30H37N3O/c1-4-6-10-20-34-24(3)12-8-7-9-13-25-14-17-27(18-15-25)28-22-32-30(33-23-28)29-19-16-26(11-5-2)21-31-29/h5,9,13-19,21-24H,2,4,6-8,10-12,20H2,1,3H3. The monoisotopic (exact) mass is 455 g/mol. The second-order valence-electron chi connectivity index (χ2n) is 8.68. The van der Waals surface area contributed by atoms with E-state index in [4.69, 9.17) is 4.74 Å². The third-order valence-corrected chi connectivity index (χ3v) is 5.77. The summed E-state index contributed by atoms with van der Waals surface area (Å²) in [6.45, 7) is 9.06. The zero-order valence-corrected chi connectivity index (χ0v) is 20.6. The van der Waals surface area contributed by atoms with Crippen molar-refractivity contribution in [3.05, 3.63) is 84.8 Å². The van der Waals surface area contributed by atoms with E-state index in [1.54, 1.807) is 0 Å². The Balaban J connectivity index is 1.46. The van der Waals surface area contributed by atoms with Gasteiger partial charge in [0.2, 0.25) is 0 Å². The average Bonchev–Trinajstić information content (AvgIpc) is 2.88. The van der Waals surface area contributed by atoms with Gasteiger partial charge in [0.15, 0.2) is 5.82 Å². The lowest BCUT2D eigenvalue weighted by atomic mass is 10.1. The summed E-state index contributed by atoms with van der Waals surface area (Å²) in [5.74, 6) is 0.633. The van der Waals surface area contributed by atoms with Crippen molar-refractivity contribution in [3.63, 3.8) is 0 Å². The van der Waals surface area contributed by atoms with E-state index in [9.17, 15) is 0 Å². The summed E-state index contributed by atoms with van der Waals surface area (Å²) in [5, 5.41) is 0. The zero-order valence-electron chi connectivity index (χ0n) is 20.6. The summed E-state index contributed by atoms with van der Waals surface area (Å²) >= 11 is 0. The van der Waals surface area contributed by atoms with Crippen LogP contribution in [0.1, 0.15) is 63.5 Å². The van der Waals surface area contributed by atoms with Gasteiger partial charge in [-0.25, -0.2) is 9.97 Å². The molecule has 0 radical (unpaired) electrons. The number of allylic oxidation sites excluding steroid dienone is 2. The summed E-state index contributed by atoms with van der Waals surface area (Å²) < 4.78 is 5.87. The van der Waals surface area contributed by atoms with Crippen molar-refractivity contribution < 1.29 is 4.74 Å². The number of benzene rings is 1. The Morgan fingerprint density at radius 1 is 0.912 bits per heavy atom. The van der Waals surface area contributed by atoms with Crippen LogP contribution in [0.5, 0.6) is 0 Å². The number of hydrogen-bond donors (Lipinski definition) is 0. The molecule has 4 heteroatoms. The lowest BCUT2D eigenvalue weighted by Crippen LogP contribution is -2.08. The molecule has 0 saturated heterocycles. The van der Waals surface area contributed by atoms with E-state index in [1.165, 1.54) is 24.8 Å². The van der Waals surface area contributed by atoms with Gasteiger partial charge in [-0.15, -0.1) is 6.58 Å². The first-order valence-electron chi connectivity index (χ1n) is 12.5. The normalized spacial score (nSPS) is 12.2. The van der Waals surface area contributed by atoms with Gasteiger partial charge in [0.1, 0.15) is 5.69 Å². The van der Waals surface area contributed by atoms with E-state index in [0.717, 1.165) is 54.7 Å². The van der Waals surface area contributed by atoms with E-state index in [2.05, 4.69) is 71.8 Å². The minimum Gasteiger partial charge on any atom is -0.379 e. The molecular formula is C30H37N3O. The molecule has 0 fully saturated rings. The van der Waals surface area contributed by atoms with Gasteiger partial charge in [-0.1, -0.05) is 68.3 Å². The fourth-order valence-corrected chi connectivity index (χ4v) is 3.70. The fraction of sp³-hybridized carbons (Fsp3) is 0.367. The highest BCUT2D eigenvalue weighted by molar-refractivity contribution is 5.65. The Bertz CT molecular complexity index is 1010. The minimum atomic E-state index is 0.352. The SMILES string of the molecule is C=CCc1ccc(-c2ncc(-c3ccc(C=CCCCC(C)OCCCCC)cc3)cn2)nc1. The number of hydrogen-bond acceptors (Lipinski definition) is 4. The third-order valence-electron chi connectivity index (χ3n) is 5.77. The molecule has 1 atom stereocenters. The highest BCUT2D eigenvalue weighted by Crippen LogP contribution is 2.21. The average molecular weight is 456 g/mol. The largest absolute Gasteiger partial charge is 0.379 e. The second-order valence-corrected chi connectivity index (χ2v) is 8.68. The first kappa shape index (κ1) is 25.5. The summed E-state index contributed by atoms with van der Waals surface area (Å²) in [5.41, 5.74) is 5.21. The Morgan fingerprint density at radius 2 is 1.71 bits per heavy atom. The molecule has 1 unspecified atom stereocenters. The van der Waals surface area contributed by atoms with Crippen LogP contribution in [0.25, 0.3) is 28.7 Å². The number of ether oxygens (including phenoxy) is 1. The molecule has 2 heterocycles. The molecule has 0 amide bonds. The van der Waals surface area contributed by atoms with Crippen LogP contribution in [-0.4, -0.2) is 27.7 Å². The molecule has 3 aromatic rings. The molecule has 0 aliphatic carbocycles. The van der Waals surface area contributed by atoms with Gasteiger partial charge < -0.3 is 4.74 Å². The van der Waals surface area contributed by atoms with Gasteiger partial charge in [-0.2, -0.15) is 0 Å². The molecular weight excluding hydrogens is 418 g/mol. The predicted octanol–water partition coefficient (Wildman–Crippen LogP) is 7.71. The minimum absolute atomic E-state index is 0.352. The topological polar surface area (TPSA) is 47.9 Å². The van der Waals surface area contributed by atoms with Crippen LogP contribution in [0.2, 0.25) is 0 Å². The predicted molar refractivity (Wildman–Crippen MR) is 142 cm³/mol. The summed E-state index contributed by atoms with van der Waals surface area (Å²) in [4.78, 5) is 13.5. The van der Waals surface area contributed by atoms with Crippen LogP contribution in [0.3, 0.4) is 0 Å². The van der Waals surface area contributed by atoms with Crippen molar-refractivity contribution >= 4 is 6.08 Å². The van der Waals surface area contributed by atoms with Crippen molar-refractivity contribution in [2.45, 2.75) is 64.9 Å². The van der Waals surface area contributed by atoms with Gasteiger partial charge in [-0.3, -0.25) is 4.98 Å². The number of unbranched alkanes of at least 4 members (excludes halogenated alkanes) is 3. The molecule has 34 heavy (non-hydrogen) atoms. The van der Waals surface area contributed by atoms with Crippen LogP contribution in [0.15, 0.2) is 73.7 Å². The number of rotatable bonds is 14. The Labute approximate surface area is 204 Å². The molecule has 0 aliphatic heterocycles. The first-order valence-corrected chi connectivity index (χ1v) is 12.5. The van der Waals surface area contributed by atoms with E-state index in [0.29, 0.717) is 11.9 Å². The van der Waals surface area contributed by atoms with Crippen LogP contribution in [0.4, 0.5) is 0 Å². The molecule has 3 rings (SSSR count). The Hall–Kier alpha value is -3.11. The number of pyridine rings is 1. The van der Waals surface area contributed by atoms with Gasteiger partial charge >= 0.3 is 0 Å². The van der Waals surface area contributed by atoms with Crippen molar-refractivity contribution in [3.8, 4) is 22.6 Å². The van der Waals surface area contributed by atoms with E-state index in [-0.39, 0.29) is 0 Å².